The lowest BCUT2D eigenvalue weighted by Gasteiger charge is -2.15. The number of quaternary nitrogens is 1. The molecule has 0 saturated carbocycles. The topological polar surface area (TPSA) is 62.6 Å². The molecule has 0 spiro atoms. The van der Waals surface area contributed by atoms with Crippen LogP contribution in [-0.2, 0) is 16.0 Å². The number of carbonyl (C=O) groups is 2. The maximum absolute atomic E-state index is 12.2. The Balaban J connectivity index is 1.87. The molecule has 1 unspecified atom stereocenters. The summed E-state index contributed by atoms with van der Waals surface area (Å²) in [5.74, 6) is -0.384. The second-order valence-corrected chi connectivity index (χ2v) is 6.80. The molecule has 2 amide bonds. The number of rotatable bonds is 7. The molecule has 2 aromatic carbocycles. The van der Waals surface area contributed by atoms with Crippen LogP contribution < -0.4 is 15.5 Å². The number of carbonyl (C=O) groups excluding carboxylic acids is 2. The van der Waals surface area contributed by atoms with Crippen molar-refractivity contribution in [3.63, 3.8) is 0 Å². The Hall–Kier alpha value is -2.08. The number of likely N-dealkylation sites (N-methyl/N-ethyl adjacent to an activating group) is 1. The van der Waals surface area contributed by atoms with E-state index in [1.165, 1.54) is 0 Å². The third-order valence-electron chi connectivity index (χ3n) is 3.82. The smallest absolute Gasteiger partial charge is 0.279 e. The van der Waals surface area contributed by atoms with Crippen molar-refractivity contribution in [1.82, 2.24) is 0 Å². The van der Waals surface area contributed by atoms with Gasteiger partial charge in [-0.05, 0) is 30.2 Å². The number of para-hydroxylation sites is 1. The number of hydrogen-bond acceptors (Lipinski definition) is 2. The zero-order valence-electron chi connectivity index (χ0n) is 14.7. The Morgan fingerprint density at radius 1 is 0.923 bits per heavy atom. The van der Waals surface area contributed by atoms with E-state index in [9.17, 15) is 9.59 Å². The molecular weight excluding hydrogens is 373 g/mol. The van der Waals surface area contributed by atoms with Crippen molar-refractivity contribution >= 4 is 46.4 Å². The summed E-state index contributed by atoms with van der Waals surface area (Å²) in [4.78, 5) is 25.1. The van der Waals surface area contributed by atoms with Gasteiger partial charge >= 0.3 is 0 Å². The largest absolute Gasteiger partial charge is 0.322 e. The van der Waals surface area contributed by atoms with Gasteiger partial charge in [-0.15, -0.1) is 0 Å². The highest BCUT2D eigenvalue weighted by atomic mass is 35.5. The molecule has 0 aliphatic heterocycles. The Morgan fingerprint density at radius 3 is 2.15 bits per heavy atom. The van der Waals surface area contributed by atoms with Crippen molar-refractivity contribution in [3.8, 4) is 0 Å². The second kappa shape index (κ2) is 9.57. The number of amides is 2. The van der Waals surface area contributed by atoms with Gasteiger partial charge in [0.2, 0.25) is 0 Å². The molecule has 0 fully saturated rings. The molecular formula is C19H22Cl2N3O2+. The fourth-order valence-corrected chi connectivity index (χ4v) is 2.90. The van der Waals surface area contributed by atoms with E-state index in [1.807, 2.05) is 31.2 Å². The maximum atomic E-state index is 12.2. The summed E-state index contributed by atoms with van der Waals surface area (Å²) < 4.78 is 0. The summed E-state index contributed by atoms with van der Waals surface area (Å²) >= 11 is 12.0. The Morgan fingerprint density at radius 2 is 1.50 bits per heavy atom. The summed E-state index contributed by atoms with van der Waals surface area (Å²) in [6, 6.07) is 12.7. The van der Waals surface area contributed by atoms with Crippen LogP contribution >= 0.6 is 23.2 Å². The third kappa shape index (κ3) is 5.73. The Kier molecular flexibility index (Phi) is 7.45. The van der Waals surface area contributed by atoms with Gasteiger partial charge in [0.15, 0.2) is 13.1 Å². The van der Waals surface area contributed by atoms with Gasteiger partial charge in [-0.1, -0.05) is 54.4 Å². The summed E-state index contributed by atoms with van der Waals surface area (Å²) in [6.45, 7) is 2.34. The molecule has 0 radical (unpaired) electrons. The molecule has 2 aromatic rings. The molecule has 0 aromatic heterocycles. The fraction of sp³-hybridized carbons (Fsp3) is 0.263. The molecule has 1 atom stereocenters. The zero-order valence-corrected chi connectivity index (χ0v) is 16.2. The molecule has 5 nitrogen and oxygen atoms in total. The van der Waals surface area contributed by atoms with Crippen LogP contribution in [0.1, 0.15) is 12.5 Å². The van der Waals surface area contributed by atoms with E-state index in [0.717, 1.165) is 22.6 Å². The first-order chi connectivity index (χ1) is 12.4. The van der Waals surface area contributed by atoms with E-state index in [2.05, 4.69) is 10.6 Å². The molecule has 2 rings (SSSR count). The molecule has 26 heavy (non-hydrogen) atoms. The van der Waals surface area contributed by atoms with Crippen LogP contribution in [0.2, 0.25) is 10.0 Å². The van der Waals surface area contributed by atoms with E-state index in [0.29, 0.717) is 15.7 Å². The Labute approximate surface area is 163 Å². The fourth-order valence-electron chi connectivity index (χ4n) is 2.55. The van der Waals surface area contributed by atoms with Gasteiger partial charge in [-0.2, -0.15) is 0 Å². The molecule has 0 bridgehead atoms. The highest BCUT2D eigenvalue weighted by Crippen LogP contribution is 2.29. The quantitative estimate of drug-likeness (QED) is 0.675. The van der Waals surface area contributed by atoms with Crippen LogP contribution in [0.5, 0.6) is 0 Å². The molecule has 3 N–H and O–H groups in total. The van der Waals surface area contributed by atoms with Crippen LogP contribution in [0, 0.1) is 0 Å². The van der Waals surface area contributed by atoms with Gasteiger partial charge in [0, 0.05) is 5.69 Å². The van der Waals surface area contributed by atoms with E-state index < -0.39 is 0 Å². The van der Waals surface area contributed by atoms with Crippen LogP contribution in [0.4, 0.5) is 11.4 Å². The standard InChI is InChI=1S/C19H21Cl2N3O2/c1-3-13-7-4-5-9-15(13)22-17(25)11-24(2)12-18(26)23-16-10-6-8-14(20)19(16)21/h4-10H,3,11-12H2,1-2H3,(H,22,25)(H,23,26)/p+1. The van der Waals surface area contributed by atoms with Crippen molar-refractivity contribution in [1.29, 1.82) is 0 Å². The zero-order chi connectivity index (χ0) is 19.1. The first-order valence-corrected chi connectivity index (χ1v) is 9.09. The number of anilines is 2. The molecule has 0 saturated heterocycles. The minimum atomic E-state index is -0.242. The van der Waals surface area contributed by atoms with Crippen LogP contribution in [0.25, 0.3) is 0 Å². The van der Waals surface area contributed by atoms with E-state index in [4.69, 9.17) is 23.2 Å². The first-order valence-electron chi connectivity index (χ1n) is 8.33. The molecule has 0 aliphatic carbocycles. The van der Waals surface area contributed by atoms with Gasteiger partial charge in [0.05, 0.1) is 22.8 Å². The SMILES string of the molecule is CCc1ccccc1NC(=O)C[NH+](C)CC(=O)Nc1cccc(Cl)c1Cl. The predicted octanol–water partition coefficient (Wildman–Crippen LogP) is 2.65. The highest BCUT2D eigenvalue weighted by Gasteiger charge is 2.16. The van der Waals surface area contributed by atoms with Gasteiger partial charge in [-0.25, -0.2) is 0 Å². The lowest BCUT2D eigenvalue weighted by Crippen LogP contribution is -3.11. The summed E-state index contributed by atoms with van der Waals surface area (Å²) in [5, 5.41) is 6.29. The van der Waals surface area contributed by atoms with E-state index in [-0.39, 0.29) is 24.9 Å². The summed E-state index contributed by atoms with van der Waals surface area (Å²) in [7, 11) is 1.78. The summed E-state index contributed by atoms with van der Waals surface area (Å²) in [5.41, 5.74) is 2.34. The minimum Gasteiger partial charge on any atom is -0.322 e. The van der Waals surface area contributed by atoms with Crippen molar-refractivity contribution in [2.75, 3.05) is 30.8 Å². The van der Waals surface area contributed by atoms with Gasteiger partial charge in [-0.3, -0.25) is 9.59 Å². The van der Waals surface area contributed by atoms with Crippen molar-refractivity contribution < 1.29 is 14.5 Å². The number of hydrogen-bond donors (Lipinski definition) is 3. The van der Waals surface area contributed by atoms with Crippen molar-refractivity contribution in [2.45, 2.75) is 13.3 Å². The molecule has 0 aliphatic rings. The number of halogens is 2. The normalized spacial score (nSPS) is 11.7. The van der Waals surface area contributed by atoms with Crippen LogP contribution in [-0.4, -0.2) is 32.0 Å². The lowest BCUT2D eigenvalue weighted by molar-refractivity contribution is -0.862. The van der Waals surface area contributed by atoms with Gasteiger partial charge in [0.25, 0.3) is 11.8 Å². The number of nitrogens with one attached hydrogen (secondary N) is 3. The maximum Gasteiger partial charge on any atom is 0.279 e. The van der Waals surface area contributed by atoms with E-state index in [1.54, 1.807) is 25.2 Å². The highest BCUT2D eigenvalue weighted by molar-refractivity contribution is 6.43. The number of aryl methyl sites for hydroxylation is 1. The second-order valence-electron chi connectivity index (χ2n) is 6.02. The van der Waals surface area contributed by atoms with E-state index >= 15 is 0 Å². The van der Waals surface area contributed by atoms with Crippen LogP contribution in [0.15, 0.2) is 42.5 Å². The van der Waals surface area contributed by atoms with Gasteiger partial charge in [0.1, 0.15) is 0 Å². The van der Waals surface area contributed by atoms with Crippen molar-refractivity contribution in [2.24, 2.45) is 0 Å². The van der Waals surface area contributed by atoms with Gasteiger partial charge < -0.3 is 15.5 Å². The first kappa shape index (κ1) is 20.2. The monoisotopic (exact) mass is 394 g/mol. The average Bonchev–Trinajstić information content (AvgIpc) is 2.59. The lowest BCUT2D eigenvalue weighted by atomic mass is 10.1. The summed E-state index contributed by atoms with van der Waals surface area (Å²) in [6.07, 6.45) is 0.835. The Bertz CT molecular complexity index is 796. The molecule has 0 heterocycles. The number of benzene rings is 2. The van der Waals surface area contributed by atoms with Crippen LogP contribution in [0.3, 0.4) is 0 Å². The minimum absolute atomic E-state index is 0.131. The molecule has 138 valence electrons. The molecule has 7 heteroatoms. The third-order valence-corrected chi connectivity index (χ3v) is 4.64. The predicted molar refractivity (Wildman–Crippen MR) is 106 cm³/mol. The average molecular weight is 395 g/mol. The van der Waals surface area contributed by atoms with Crippen molar-refractivity contribution in [3.05, 3.63) is 58.1 Å².